The molecule has 0 spiro atoms. The summed E-state index contributed by atoms with van der Waals surface area (Å²) in [4.78, 5) is 33.8. The maximum Gasteiger partial charge on any atom is 0.335 e. The highest BCUT2D eigenvalue weighted by Crippen LogP contribution is 2.24. The van der Waals surface area contributed by atoms with E-state index in [-0.39, 0.29) is 5.91 Å². The van der Waals surface area contributed by atoms with E-state index in [4.69, 9.17) is 0 Å². The Hall–Kier alpha value is -2.76. The molecule has 0 saturated carbocycles. The summed E-state index contributed by atoms with van der Waals surface area (Å²) in [6.45, 7) is 3.16. The lowest BCUT2D eigenvalue weighted by atomic mass is 9.88. The van der Waals surface area contributed by atoms with Crippen LogP contribution in [0, 0.1) is 12.8 Å². The minimum atomic E-state index is -0.886. The lowest BCUT2D eigenvalue weighted by Crippen LogP contribution is -2.39. The molecular weight excluding hydrogens is 318 g/mol. The van der Waals surface area contributed by atoms with E-state index in [9.17, 15) is 14.7 Å². The molecule has 2 aromatic rings. The van der Waals surface area contributed by atoms with E-state index in [0.29, 0.717) is 35.8 Å². The Balaban J connectivity index is 1.62. The first-order valence-corrected chi connectivity index (χ1v) is 8.43. The summed E-state index contributed by atoms with van der Waals surface area (Å²) in [5.41, 5.74) is 2.49. The number of amides is 1. The van der Waals surface area contributed by atoms with Gasteiger partial charge in [-0.25, -0.2) is 14.8 Å². The molecule has 25 heavy (non-hydrogen) atoms. The third kappa shape index (κ3) is 3.84. The van der Waals surface area contributed by atoms with Gasteiger partial charge in [0, 0.05) is 19.3 Å². The molecule has 1 aliphatic heterocycles. The fourth-order valence-corrected chi connectivity index (χ4v) is 3.33. The molecular formula is C19H21N3O3. The van der Waals surface area contributed by atoms with Crippen LogP contribution in [0.4, 0.5) is 0 Å². The Bertz CT molecular complexity index is 783. The van der Waals surface area contributed by atoms with Crippen LogP contribution in [0.1, 0.15) is 44.8 Å². The molecule has 1 fully saturated rings. The van der Waals surface area contributed by atoms with Crippen molar-refractivity contribution in [2.24, 2.45) is 5.92 Å². The predicted octanol–water partition coefficient (Wildman–Crippen LogP) is 2.58. The van der Waals surface area contributed by atoms with Gasteiger partial charge in [0.2, 0.25) is 0 Å². The molecule has 1 aliphatic rings. The number of rotatable bonds is 4. The maximum atomic E-state index is 12.6. The number of aryl methyl sites for hydroxylation is 1. The number of carboxylic acids is 1. The highest BCUT2D eigenvalue weighted by molar-refractivity contribution is 5.95. The van der Waals surface area contributed by atoms with E-state index in [2.05, 4.69) is 9.97 Å². The van der Waals surface area contributed by atoms with Gasteiger partial charge < -0.3 is 10.0 Å². The van der Waals surface area contributed by atoms with Crippen molar-refractivity contribution >= 4 is 11.9 Å². The number of carbonyl (C=O) groups is 2. The normalized spacial score (nSPS) is 15.2. The van der Waals surface area contributed by atoms with Crippen molar-refractivity contribution in [2.75, 3.05) is 13.1 Å². The second-order valence-electron chi connectivity index (χ2n) is 6.42. The van der Waals surface area contributed by atoms with Gasteiger partial charge >= 0.3 is 5.97 Å². The van der Waals surface area contributed by atoms with E-state index in [1.807, 2.05) is 24.0 Å². The van der Waals surface area contributed by atoms with Crippen LogP contribution in [0.5, 0.6) is 0 Å². The van der Waals surface area contributed by atoms with Gasteiger partial charge in [0.25, 0.3) is 5.91 Å². The van der Waals surface area contributed by atoms with Crippen molar-refractivity contribution in [1.29, 1.82) is 0 Å². The third-order valence-electron chi connectivity index (χ3n) is 4.80. The van der Waals surface area contributed by atoms with Crippen LogP contribution in [0.2, 0.25) is 0 Å². The summed E-state index contributed by atoms with van der Waals surface area (Å²) in [6, 6.07) is 7.15. The number of carboxylic acid groups (broad SMARTS) is 1. The quantitative estimate of drug-likeness (QED) is 0.925. The fourth-order valence-electron chi connectivity index (χ4n) is 3.33. The fraction of sp³-hybridized carbons (Fsp3) is 0.368. The van der Waals surface area contributed by atoms with Crippen LogP contribution in [0.25, 0.3) is 0 Å². The van der Waals surface area contributed by atoms with Gasteiger partial charge in [-0.05, 0) is 43.7 Å². The molecule has 1 saturated heterocycles. The Morgan fingerprint density at radius 2 is 1.92 bits per heavy atom. The monoisotopic (exact) mass is 339 g/mol. The first-order valence-electron chi connectivity index (χ1n) is 8.43. The van der Waals surface area contributed by atoms with Gasteiger partial charge in [0.15, 0.2) is 0 Å². The van der Waals surface area contributed by atoms with Crippen LogP contribution in [0.3, 0.4) is 0 Å². The van der Waals surface area contributed by atoms with Gasteiger partial charge in [0.05, 0.1) is 16.8 Å². The van der Waals surface area contributed by atoms with Gasteiger partial charge in [-0.1, -0.05) is 18.2 Å². The van der Waals surface area contributed by atoms with Crippen LogP contribution in [-0.2, 0) is 6.42 Å². The Morgan fingerprint density at radius 3 is 2.60 bits per heavy atom. The zero-order valence-corrected chi connectivity index (χ0v) is 14.2. The summed E-state index contributed by atoms with van der Waals surface area (Å²) in [6.07, 6.45) is 5.48. The lowest BCUT2D eigenvalue weighted by molar-refractivity contribution is 0.0688. The van der Waals surface area contributed by atoms with Crippen molar-refractivity contribution in [1.82, 2.24) is 14.9 Å². The smallest absolute Gasteiger partial charge is 0.335 e. The number of hydrogen-bond acceptors (Lipinski definition) is 4. The molecule has 1 aromatic heterocycles. The van der Waals surface area contributed by atoms with Crippen molar-refractivity contribution in [2.45, 2.75) is 26.2 Å². The summed E-state index contributed by atoms with van der Waals surface area (Å²) in [5.74, 6) is -0.525. The predicted molar refractivity (Wildman–Crippen MR) is 92.5 cm³/mol. The number of piperidine rings is 1. The van der Waals surface area contributed by atoms with Crippen molar-refractivity contribution in [3.63, 3.8) is 0 Å². The van der Waals surface area contributed by atoms with Gasteiger partial charge in [-0.3, -0.25) is 4.79 Å². The Labute approximate surface area is 146 Å². The second-order valence-corrected chi connectivity index (χ2v) is 6.42. The standard InChI is InChI=1S/C19H21N3O3/c1-13-17(11-20-12-21-13)18(23)22-8-6-14(7-9-22)10-15-4-2-3-5-16(15)19(24)25/h2-5,11-12,14H,6-10H2,1H3,(H,24,25). The van der Waals surface area contributed by atoms with E-state index in [0.717, 1.165) is 24.8 Å². The largest absolute Gasteiger partial charge is 0.478 e. The zero-order chi connectivity index (χ0) is 17.8. The summed E-state index contributed by atoms with van der Waals surface area (Å²) in [5, 5.41) is 9.30. The molecule has 1 amide bonds. The SMILES string of the molecule is Cc1ncncc1C(=O)N1CCC(Cc2ccccc2C(=O)O)CC1. The van der Waals surface area contributed by atoms with Crippen LogP contribution in [0.15, 0.2) is 36.8 Å². The highest BCUT2D eigenvalue weighted by atomic mass is 16.4. The number of carbonyl (C=O) groups excluding carboxylic acids is 1. The van der Waals surface area contributed by atoms with Crippen LogP contribution < -0.4 is 0 Å². The lowest BCUT2D eigenvalue weighted by Gasteiger charge is -2.32. The first kappa shape index (κ1) is 17.1. The number of hydrogen-bond donors (Lipinski definition) is 1. The molecule has 6 heteroatoms. The topological polar surface area (TPSA) is 83.4 Å². The number of aromatic nitrogens is 2. The van der Waals surface area contributed by atoms with E-state index in [1.165, 1.54) is 6.33 Å². The van der Waals surface area contributed by atoms with Crippen LogP contribution in [-0.4, -0.2) is 44.9 Å². The molecule has 2 heterocycles. The minimum absolute atomic E-state index is 0.0255. The Kier molecular flexibility index (Phi) is 5.07. The van der Waals surface area contributed by atoms with Crippen molar-refractivity contribution < 1.29 is 14.7 Å². The Morgan fingerprint density at radius 1 is 1.20 bits per heavy atom. The minimum Gasteiger partial charge on any atom is -0.478 e. The molecule has 0 atom stereocenters. The van der Waals surface area contributed by atoms with E-state index in [1.54, 1.807) is 18.3 Å². The number of nitrogens with zero attached hydrogens (tertiary/aromatic N) is 3. The maximum absolute atomic E-state index is 12.6. The van der Waals surface area contributed by atoms with Crippen molar-refractivity contribution in [3.8, 4) is 0 Å². The number of likely N-dealkylation sites (tertiary alicyclic amines) is 1. The van der Waals surface area contributed by atoms with Crippen molar-refractivity contribution in [3.05, 3.63) is 59.2 Å². The summed E-state index contributed by atoms with van der Waals surface area (Å²) in [7, 11) is 0. The van der Waals surface area contributed by atoms with Crippen LogP contribution >= 0.6 is 0 Å². The molecule has 0 bridgehead atoms. The molecule has 1 N–H and O–H groups in total. The highest BCUT2D eigenvalue weighted by Gasteiger charge is 2.25. The molecule has 130 valence electrons. The van der Waals surface area contributed by atoms with Gasteiger partial charge in [-0.2, -0.15) is 0 Å². The summed E-state index contributed by atoms with van der Waals surface area (Å²) >= 11 is 0. The zero-order valence-electron chi connectivity index (χ0n) is 14.2. The average Bonchev–Trinajstić information content (AvgIpc) is 2.62. The van der Waals surface area contributed by atoms with E-state index >= 15 is 0 Å². The van der Waals surface area contributed by atoms with Gasteiger partial charge in [0.1, 0.15) is 6.33 Å². The molecule has 0 aliphatic carbocycles. The molecule has 0 unspecified atom stereocenters. The van der Waals surface area contributed by atoms with E-state index < -0.39 is 5.97 Å². The molecule has 0 radical (unpaired) electrons. The second kappa shape index (κ2) is 7.42. The average molecular weight is 339 g/mol. The number of aromatic carboxylic acids is 1. The number of benzene rings is 1. The molecule has 3 rings (SSSR count). The first-order chi connectivity index (χ1) is 12.1. The third-order valence-corrected chi connectivity index (χ3v) is 4.80. The molecule has 6 nitrogen and oxygen atoms in total. The summed E-state index contributed by atoms with van der Waals surface area (Å²) < 4.78 is 0. The van der Waals surface area contributed by atoms with Gasteiger partial charge in [-0.15, -0.1) is 0 Å². The molecule has 1 aromatic carbocycles.